The highest BCUT2D eigenvalue weighted by molar-refractivity contribution is 7.89. The van der Waals surface area contributed by atoms with Crippen LogP contribution in [0.15, 0.2) is 47.4 Å². The molecule has 0 aromatic heterocycles. The van der Waals surface area contributed by atoms with Gasteiger partial charge in [0.1, 0.15) is 0 Å². The summed E-state index contributed by atoms with van der Waals surface area (Å²) in [6.07, 6.45) is 2.26. The summed E-state index contributed by atoms with van der Waals surface area (Å²) in [7, 11) is -3.52. The van der Waals surface area contributed by atoms with E-state index in [2.05, 4.69) is 11.8 Å². The van der Waals surface area contributed by atoms with Gasteiger partial charge in [0.15, 0.2) is 0 Å². The number of carbonyl (C=O) groups excluding carboxylic acids is 1. The third-order valence-electron chi connectivity index (χ3n) is 6.06. The number of amides is 1. The van der Waals surface area contributed by atoms with Crippen molar-refractivity contribution in [2.24, 2.45) is 5.92 Å². The molecular formula is C22H29N3O3S. The van der Waals surface area contributed by atoms with Crippen LogP contribution in [0.4, 0.5) is 0 Å². The molecule has 2 saturated heterocycles. The van der Waals surface area contributed by atoms with E-state index in [0.717, 1.165) is 30.3 Å². The van der Waals surface area contributed by atoms with Gasteiger partial charge in [-0.25, -0.2) is 8.42 Å². The first kappa shape index (κ1) is 20.3. The molecule has 1 atom stereocenters. The predicted octanol–water partition coefficient (Wildman–Crippen LogP) is 2.40. The summed E-state index contributed by atoms with van der Waals surface area (Å²) in [6.45, 7) is 6.27. The molecule has 7 heteroatoms. The topological polar surface area (TPSA) is 60.9 Å². The molecule has 0 spiro atoms. The van der Waals surface area contributed by atoms with Gasteiger partial charge in [0.25, 0.3) is 0 Å². The zero-order valence-electron chi connectivity index (χ0n) is 17.0. The van der Waals surface area contributed by atoms with Crippen molar-refractivity contribution in [3.8, 4) is 0 Å². The van der Waals surface area contributed by atoms with E-state index in [1.807, 2.05) is 35.2 Å². The highest BCUT2D eigenvalue weighted by Gasteiger charge is 2.30. The van der Waals surface area contributed by atoms with Crippen molar-refractivity contribution in [3.05, 3.63) is 42.5 Å². The minimum absolute atomic E-state index is 0.169. The minimum atomic E-state index is -3.52. The van der Waals surface area contributed by atoms with Crippen molar-refractivity contribution >= 4 is 26.7 Å². The Hall–Kier alpha value is -1.96. The molecule has 0 unspecified atom stereocenters. The van der Waals surface area contributed by atoms with Crippen molar-refractivity contribution in [2.45, 2.75) is 24.7 Å². The standard InChI is InChI=1S/C22H29N3O3S/c1-18-5-4-10-24(16-18)22(26)17-23-11-13-25(14-12-23)29(27,28)21-9-8-19-6-2-3-7-20(19)15-21/h2-3,6-9,15,18H,4-5,10-14,16-17H2,1H3/t18-/m1/s1. The second-order valence-electron chi connectivity index (χ2n) is 8.28. The molecular weight excluding hydrogens is 386 g/mol. The molecule has 2 aliphatic rings. The van der Waals surface area contributed by atoms with E-state index in [-0.39, 0.29) is 5.91 Å². The summed E-state index contributed by atoms with van der Waals surface area (Å²) in [5.41, 5.74) is 0. The third-order valence-corrected chi connectivity index (χ3v) is 7.95. The molecule has 156 valence electrons. The van der Waals surface area contributed by atoms with E-state index < -0.39 is 10.0 Å². The fourth-order valence-electron chi connectivity index (χ4n) is 4.31. The maximum absolute atomic E-state index is 13.1. The Bertz CT molecular complexity index is 984. The van der Waals surface area contributed by atoms with Gasteiger partial charge in [0, 0.05) is 39.3 Å². The number of hydrogen-bond donors (Lipinski definition) is 0. The molecule has 2 heterocycles. The van der Waals surface area contributed by atoms with Gasteiger partial charge in [-0.3, -0.25) is 9.69 Å². The molecule has 0 radical (unpaired) electrons. The molecule has 2 aromatic rings. The first-order valence-electron chi connectivity index (χ1n) is 10.4. The van der Waals surface area contributed by atoms with Gasteiger partial charge in [-0.2, -0.15) is 4.31 Å². The Morgan fingerprint density at radius 1 is 1.00 bits per heavy atom. The predicted molar refractivity (Wildman–Crippen MR) is 114 cm³/mol. The maximum atomic E-state index is 13.1. The maximum Gasteiger partial charge on any atom is 0.243 e. The van der Waals surface area contributed by atoms with E-state index >= 15 is 0 Å². The molecule has 1 amide bonds. The summed E-state index contributed by atoms with van der Waals surface area (Å²) in [6, 6.07) is 13.1. The van der Waals surface area contributed by atoms with E-state index in [4.69, 9.17) is 0 Å². The highest BCUT2D eigenvalue weighted by atomic mass is 32.2. The van der Waals surface area contributed by atoms with Crippen molar-refractivity contribution in [1.82, 2.24) is 14.1 Å². The van der Waals surface area contributed by atoms with Crippen molar-refractivity contribution in [2.75, 3.05) is 45.8 Å². The third kappa shape index (κ3) is 4.47. The molecule has 2 aromatic carbocycles. The zero-order valence-corrected chi connectivity index (χ0v) is 17.8. The van der Waals surface area contributed by atoms with Crippen LogP contribution in [-0.4, -0.2) is 74.2 Å². The number of hydrogen-bond acceptors (Lipinski definition) is 4. The number of piperazine rings is 1. The average molecular weight is 416 g/mol. The van der Waals surface area contributed by atoms with Crippen molar-refractivity contribution < 1.29 is 13.2 Å². The number of likely N-dealkylation sites (tertiary alicyclic amines) is 1. The van der Waals surface area contributed by atoms with Gasteiger partial charge in [-0.15, -0.1) is 0 Å². The van der Waals surface area contributed by atoms with Gasteiger partial charge >= 0.3 is 0 Å². The lowest BCUT2D eigenvalue weighted by molar-refractivity contribution is -0.134. The van der Waals surface area contributed by atoms with E-state index in [1.165, 1.54) is 6.42 Å². The van der Waals surface area contributed by atoms with Crippen LogP contribution in [0.25, 0.3) is 10.8 Å². The zero-order chi connectivity index (χ0) is 20.4. The molecule has 4 rings (SSSR count). The number of carbonyl (C=O) groups is 1. The van der Waals surface area contributed by atoms with Crippen LogP contribution in [0.3, 0.4) is 0 Å². The first-order chi connectivity index (χ1) is 13.9. The second kappa shape index (κ2) is 8.42. The SMILES string of the molecule is C[C@@H]1CCCN(C(=O)CN2CCN(S(=O)(=O)c3ccc4ccccc4c3)CC2)C1. The Morgan fingerprint density at radius 3 is 2.45 bits per heavy atom. The number of benzene rings is 2. The van der Waals surface area contributed by atoms with Crippen LogP contribution in [0.1, 0.15) is 19.8 Å². The quantitative estimate of drug-likeness (QED) is 0.769. The first-order valence-corrected chi connectivity index (χ1v) is 11.9. The Morgan fingerprint density at radius 2 is 1.72 bits per heavy atom. The molecule has 6 nitrogen and oxygen atoms in total. The summed E-state index contributed by atoms with van der Waals surface area (Å²) in [4.78, 5) is 17.0. The van der Waals surface area contributed by atoms with Gasteiger partial charge in [-0.1, -0.05) is 37.3 Å². The Balaban J connectivity index is 1.37. The van der Waals surface area contributed by atoms with Crippen molar-refractivity contribution in [3.63, 3.8) is 0 Å². The van der Waals surface area contributed by atoms with Crippen LogP contribution in [0.5, 0.6) is 0 Å². The molecule has 0 N–H and O–H groups in total. The monoisotopic (exact) mass is 415 g/mol. The smallest absolute Gasteiger partial charge is 0.243 e. The van der Waals surface area contributed by atoms with Gasteiger partial charge in [0.05, 0.1) is 11.4 Å². The summed E-state index contributed by atoms with van der Waals surface area (Å²) in [5.74, 6) is 0.735. The largest absolute Gasteiger partial charge is 0.341 e. The number of nitrogens with zero attached hydrogens (tertiary/aromatic N) is 3. The molecule has 2 fully saturated rings. The van der Waals surface area contributed by atoms with Gasteiger partial charge < -0.3 is 4.90 Å². The van der Waals surface area contributed by atoms with E-state index in [1.54, 1.807) is 16.4 Å². The lowest BCUT2D eigenvalue weighted by atomic mass is 10.0. The minimum Gasteiger partial charge on any atom is -0.341 e. The highest BCUT2D eigenvalue weighted by Crippen LogP contribution is 2.23. The fourth-order valence-corrected chi connectivity index (χ4v) is 5.77. The summed E-state index contributed by atoms with van der Waals surface area (Å²) >= 11 is 0. The Labute approximate surface area is 173 Å². The van der Waals surface area contributed by atoms with E-state index in [0.29, 0.717) is 43.5 Å². The normalized spacial score (nSPS) is 22.1. The molecule has 29 heavy (non-hydrogen) atoms. The molecule has 0 saturated carbocycles. The fraction of sp³-hybridized carbons (Fsp3) is 0.500. The average Bonchev–Trinajstić information content (AvgIpc) is 2.74. The number of fused-ring (bicyclic) bond motifs is 1. The van der Waals surface area contributed by atoms with Gasteiger partial charge in [0.2, 0.25) is 15.9 Å². The number of rotatable bonds is 4. The summed E-state index contributed by atoms with van der Waals surface area (Å²) < 4.78 is 27.7. The molecule has 2 aliphatic heterocycles. The number of sulfonamides is 1. The summed E-state index contributed by atoms with van der Waals surface area (Å²) in [5, 5.41) is 1.95. The van der Waals surface area contributed by atoms with Crippen LogP contribution < -0.4 is 0 Å². The Kier molecular flexibility index (Phi) is 5.90. The number of piperidine rings is 1. The van der Waals surface area contributed by atoms with Crippen LogP contribution >= 0.6 is 0 Å². The lowest BCUT2D eigenvalue weighted by Crippen LogP contribution is -2.52. The van der Waals surface area contributed by atoms with Gasteiger partial charge in [-0.05, 0) is 41.7 Å². The van der Waals surface area contributed by atoms with E-state index in [9.17, 15) is 13.2 Å². The van der Waals surface area contributed by atoms with Crippen LogP contribution in [-0.2, 0) is 14.8 Å². The van der Waals surface area contributed by atoms with Crippen LogP contribution in [0.2, 0.25) is 0 Å². The molecule has 0 aliphatic carbocycles. The van der Waals surface area contributed by atoms with Crippen molar-refractivity contribution in [1.29, 1.82) is 0 Å². The second-order valence-corrected chi connectivity index (χ2v) is 10.2. The lowest BCUT2D eigenvalue weighted by Gasteiger charge is -2.36. The van der Waals surface area contributed by atoms with Crippen LogP contribution in [0, 0.1) is 5.92 Å². The molecule has 0 bridgehead atoms.